The van der Waals surface area contributed by atoms with Crippen molar-refractivity contribution in [1.82, 2.24) is 5.32 Å². The van der Waals surface area contributed by atoms with Gasteiger partial charge in [0.15, 0.2) is 6.17 Å². The molecule has 3 heterocycles. The molecule has 0 radical (unpaired) electrons. The lowest BCUT2D eigenvalue weighted by Gasteiger charge is -2.36. The molecule has 0 fully saturated rings. The Morgan fingerprint density at radius 3 is 2.68 bits per heavy atom. The zero-order valence-electron chi connectivity index (χ0n) is 18.0. The zero-order valence-corrected chi connectivity index (χ0v) is 19.6. The number of fused-ring (bicyclic) bond motifs is 3. The van der Waals surface area contributed by atoms with Gasteiger partial charge in [0.05, 0.1) is 5.56 Å². The number of furan rings is 1. The van der Waals surface area contributed by atoms with Crippen LogP contribution in [0.3, 0.4) is 0 Å². The Labute approximate surface area is 192 Å². The van der Waals surface area contributed by atoms with Crippen molar-refractivity contribution in [2.24, 2.45) is 11.3 Å². The monoisotopic (exact) mass is 454 g/mol. The first-order valence-corrected chi connectivity index (χ1v) is 12.1. The van der Waals surface area contributed by atoms with E-state index in [1.807, 2.05) is 36.4 Å². The molecule has 0 unspecified atom stereocenters. The Hall–Kier alpha value is -2.24. The van der Waals surface area contributed by atoms with Gasteiger partial charge in [0.1, 0.15) is 16.5 Å². The third-order valence-corrected chi connectivity index (χ3v) is 8.54. The minimum absolute atomic E-state index is 0.00565. The normalized spacial score (nSPS) is 20.6. The standard InChI is InChI=1S/C25H27ClN2O2S/c1-4-25(2,3)15-7-10-17-20(13-15)31-24-21(17)23(29)27-22(28-24)19-12-11-18(30-19)14-5-8-16(26)9-6-14/h5-6,8-9,11-12,15,22,28H,4,7,10,13H2,1-3H3,(H,27,29)/t15-,22-/m0/s1. The number of halogens is 1. The van der Waals surface area contributed by atoms with Crippen LogP contribution in [0.15, 0.2) is 40.8 Å². The van der Waals surface area contributed by atoms with E-state index in [0.29, 0.717) is 22.1 Å². The molecule has 0 bridgehead atoms. The summed E-state index contributed by atoms with van der Waals surface area (Å²) in [4.78, 5) is 14.4. The van der Waals surface area contributed by atoms with Gasteiger partial charge in [0.25, 0.3) is 5.91 Å². The second-order valence-corrected chi connectivity index (χ2v) is 10.8. The van der Waals surface area contributed by atoms with Gasteiger partial charge in [0.2, 0.25) is 0 Å². The molecule has 2 aliphatic rings. The number of anilines is 1. The topological polar surface area (TPSA) is 54.3 Å². The third kappa shape index (κ3) is 3.68. The molecule has 0 saturated heterocycles. The third-order valence-electron chi connectivity index (χ3n) is 7.10. The SMILES string of the molecule is CCC(C)(C)[C@H]1CCc2c(sc3c2C(=O)N[C@H](c2ccc(-c4ccc(Cl)cc4)o2)N3)C1. The van der Waals surface area contributed by atoms with E-state index in [0.717, 1.165) is 41.2 Å². The Morgan fingerprint density at radius 1 is 1.16 bits per heavy atom. The minimum Gasteiger partial charge on any atom is -0.457 e. The molecule has 4 nitrogen and oxygen atoms in total. The van der Waals surface area contributed by atoms with E-state index in [9.17, 15) is 4.79 Å². The first-order valence-electron chi connectivity index (χ1n) is 10.9. The maximum atomic E-state index is 13.1. The zero-order chi connectivity index (χ0) is 21.8. The highest BCUT2D eigenvalue weighted by Gasteiger charge is 2.37. The lowest BCUT2D eigenvalue weighted by Crippen LogP contribution is -2.38. The van der Waals surface area contributed by atoms with Crippen LogP contribution in [-0.4, -0.2) is 5.91 Å². The fraction of sp³-hybridized carbons (Fsp3) is 0.400. The highest BCUT2D eigenvalue weighted by Crippen LogP contribution is 2.47. The number of rotatable bonds is 4. The Kier molecular flexibility index (Phi) is 5.14. The molecule has 1 aromatic carbocycles. The van der Waals surface area contributed by atoms with E-state index in [4.69, 9.17) is 16.0 Å². The molecule has 1 amide bonds. The summed E-state index contributed by atoms with van der Waals surface area (Å²) in [6, 6.07) is 11.4. The van der Waals surface area contributed by atoms with E-state index < -0.39 is 0 Å². The fourth-order valence-electron chi connectivity index (χ4n) is 4.67. The Bertz CT molecular complexity index is 1130. The minimum atomic E-state index is -0.371. The predicted molar refractivity (Wildman–Crippen MR) is 127 cm³/mol. The molecule has 2 aromatic heterocycles. The maximum Gasteiger partial charge on any atom is 0.256 e. The number of nitrogens with one attached hydrogen (secondary N) is 2. The van der Waals surface area contributed by atoms with Crippen LogP contribution < -0.4 is 10.6 Å². The molecule has 2 atom stereocenters. The summed E-state index contributed by atoms with van der Waals surface area (Å²) in [7, 11) is 0. The highest BCUT2D eigenvalue weighted by atomic mass is 35.5. The smallest absolute Gasteiger partial charge is 0.256 e. The van der Waals surface area contributed by atoms with Crippen molar-refractivity contribution in [2.45, 2.75) is 52.6 Å². The van der Waals surface area contributed by atoms with Crippen LogP contribution in [0, 0.1) is 11.3 Å². The second-order valence-electron chi connectivity index (χ2n) is 9.25. The molecule has 2 N–H and O–H groups in total. The molecule has 5 rings (SSSR count). The quantitative estimate of drug-likeness (QED) is 0.443. The van der Waals surface area contributed by atoms with E-state index in [1.165, 1.54) is 16.9 Å². The molecule has 31 heavy (non-hydrogen) atoms. The van der Waals surface area contributed by atoms with Crippen molar-refractivity contribution in [1.29, 1.82) is 0 Å². The molecule has 6 heteroatoms. The summed E-state index contributed by atoms with van der Waals surface area (Å²) in [5.74, 6) is 2.11. The van der Waals surface area contributed by atoms with Gasteiger partial charge in [-0.05, 0) is 72.6 Å². The van der Waals surface area contributed by atoms with Crippen LogP contribution in [0.5, 0.6) is 0 Å². The van der Waals surface area contributed by atoms with Gasteiger partial charge < -0.3 is 15.1 Å². The maximum absolute atomic E-state index is 13.1. The Morgan fingerprint density at radius 2 is 1.94 bits per heavy atom. The van der Waals surface area contributed by atoms with Gasteiger partial charge >= 0.3 is 0 Å². The van der Waals surface area contributed by atoms with E-state index >= 15 is 0 Å². The van der Waals surface area contributed by atoms with Crippen molar-refractivity contribution in [3.05, 3.63) is 63.2 Å². The summed E-state index contributed by atoms with van der Waals surface area (Å²) >= 11 is 7.73. The summed E-state index contributed by atoms with van der Waals surface area (Å²) in [6.07, 6.45) is 4.00. The van der Waals surface area contributed by atoms with Gasteiger partial charge in [-0.2, -0.15) is 0 Å². The number of hydrogen-bond donors (Lipinski definition) is 2. The van der Waals surface area contributed by atoms with Gasteiger partial charge in [-0.25, -0.2) is 0 Å². The van der Waals surface area contributed by atoms with Gasteiger partial charge in [-0.3, -0.25) is 4.79 Å². The van der Waals surface area contributed by atoms with Crippen molar-refractivity contribution >= 4 is 33.8 Å². The van der Waals surface area contributed by atoms with Crippen molar-refractivity contribution < 1.29 is 9.21 Å². The first-order chi connectivity index (χ1) is 14.9. The lowest BCUT2D eigenvalue weighted by atomic mass is 9.69. The molecular formula is C25H27ClN2O2S. The van der Waals surface area contributed by atoms with Gasteiger partial charge in [-0.15, -0.1) is 11.3 Å². The van der Waals surface area contributed by atoms with Crippen LogP contribution in [0.1, 0.15) is 66.3 Å². The molecule has 0 spiro atoms. The lowest BCUT2D eigenvalue weighted by molar-refractivity contribution is 0.0930. The van der Waals surface area contributed by atoms with Crippen LogP contribution in [0.25, 0.3) is 11.3 Å². The molecule has 0 saturated carbocycles. The number of carbonyl (C=O) groups excluding carboxylic acids is 1. The number of carbonyl (C=O) groups is 1. The number of hydrogen-bond acceptors (Lipinski definition) is 4. The predicted octanol–water partition coefficient (Wildman–Crippen LogP) is 7.06. The Balaban J connectivity index is 1.40. The van der Waals surface area contributed by atoms with Crippen molar-refractivity contribution in [3.63, 3.8) is 0 Å². The number of amides is 1. The second kappa shape index (κ2) is 7.72. The summed E-state index contributed by atoms with van der Waals surface area (Å²) in [5, 5.41) is 8.27. The van der Waals surface area contributed by atoms with Crippen LogP contribution in [0.2, 0.25) is 5.02 Å². The van der Waals surface area contributed by atoms with Gasteiger partial charge in [0, 0.05) is 15.5 Å². The molecule has 162 valence electrons. The molecule has 1 aliphatic heterocycles. The fourth-order valence-corrected chi connectivity index (χ4v) is 6.15. The first kappa shape index (κ1) is 20.7. The van der Waals surface area contributed by atoms with E-state index in [2.05, 4.69) is 31.4 Å². The molecule has 1 aliphatic carbocycles. The molecule has 3 aromatic rings. The van der Waals surface area contributed by atoms with Crippen molar-refractivity contribution in [2.75, 3.05) is 5.32 Å². The number of thiophene rings is 1. The summed E-state index contributed by atoms with van der Waals surface area (Å²) in [5.41, 5.74) is 3.36. The van der Waals surface area contributed by atoms with Crippen LogP contribution in [-0.2, 0) is 12.8 Å². The highest BCUT2D eigenvalue weighted by molar-refractivity contribution is 7.16. The van der Waals surface area contributed by atoms with Gasteiger partial charge in [-0.1, -0.05) is 38.8 Å². The summed E-state index contributed by atoms with van der Waals surface area (Å²) in [6.45, 7) is 7.01. The largest absolute Gasteiger partial charge is 0.457 e. The van der Waals surface area contributed by atoms with Crippen molar-refractivity contribution in [3.8, 4) is 11.3 Å². The van der Waals surface area contributed by atoms with E-state index in [-0.39, 0.29) is 12.1 Å². The molecular weight excluding hydrogens is 428 g/mol. The number of benzene rings is 1. The average Bonchev–Trinajstić information content (AvgIpc) is 3.38. The summed E-state index contributed by atoms with van der Waals surface area (Å²) < 4.78 is 6.08. The van der Waals surface area contributed by atoms with E-state index in [1.54, 1.807) is 11.3 Å². The van der Waals surface area contributed by atoms with Crippen LogP contribution >= 0.6 is 22.9 Å². The average molecular weight is 455 g/mol. The van der Waals surface area contributed by atoms with Crippen LogP contribution in [0.4, 0.5) is 5.00 Å².